The molecule has 120 valence electrons. The van der Waals surface area contributed by atoms with Crippen molar-refractivity contribution in [2.45, 2.75) is 57.6 Å². The lowest BCUT2D eigenvalue weighted by Gasteiger charge is -2.29. The minimum Gasteiger partial charge on any atom is -0.480 e. The Bertz CT molecular complexity index is 380. The fraction of sp³-hybridized carbons (Fsp3) is 0.867. The average molecular weight is 298 g/mol. The molecule has 2 amide bonds. The molecule has 6 heteroatoms. The highest BCUT2D eigenvalue weighted by molar-refractivity contribution is 5.83. The van der Waals surface area contributed by atoms with Gasteiger partial charge in [-0.05, 0) is 24.7 Å². The summed E-state index contributed by atoms with van der Waals surface area (Å²) in [6.45, 7) is 2.93. The van der Waals surface area contributed by atoms with E-state index in [1.807, 2.05) is 0 Å². The van der Waals surface area contributed by atoms with Gasteiger partial charge in [0.05, 0.1) is 6.10 Å². The third-order valence-electron chi connectivity index (χ3n) is 4.91. The number of aliphatic hydroxyl groups is 1. The van der Waals surface area contributed by atoms with Crippen molar-refractivity contribution >= 4 is 12.0 Å². The molecule has 1 saturated heterocycles. The first kappa shape index (κ1) is 16.1. The number of β-amino-alcohol motifs (C(OH)–C–C–N with tert-alkyl or cyclic N) is 1. The first-order valence-corrected chi connectivity index (χ1v) is 7.96. The monoisotopic (exact) mass is 298 g/mol. The van der Waals surface area contributed by atoms with E-state index in [2.05, 4.69) is 12.2 Å². The van der Waals surface area contributed by atoms with Crippen LogP contribution in [0.15, 0.2) is 0 Å². The number of urea groups is 1. The maximum atomic E-state index is 12.1. The lowest BCUT2D eigenvalue weighted by molar-refractivity contribution is -0.141. The maximum Gasteiger partial charge on any atom is 0.326 e. The summed E-state index contributed by atoms with van der Waals surface area (Å²) in [6.07, 6.45) is 5.30. The summed E-state index contributed by atoms with van der Waals surface area (Å²) in [5, 5.41) is 21.5. The van der Waals surface area contributed by atoms with Crippen molar-refractivity contribution in [2.75, 3.05) is 13.1 Å². The molecule has 2 atom stereocenters. The fourth-order valence-electron chi connectivity index (χ4n) is 3.45. The second-order valence-corrected chi connectivity index (χ2v) is 6.38. The number of carboxylic acid groups (broad SMARTS) is 1. The van der Waals surface area contributed by atoms with Gasteiger partial charge in [-0.1, -0.05) is 26.2 Å². The number of hydrogen-bond donors (Lipinski definition) is 3. The van der Waals surface area contributed by atoms with E-state index >= 15 is 0 Å². The summed E-state index contributed by atoms with van der Waals surface area (Å²) in [7, 11) is 0. The molecule has 0 unspecified atom stereocenters. The van der Waals surface area contributed by atoms with Crippen LogP contribution >= 0.6 is 0 Å². The molecule has 0 aromatic rings. The molecule has 1 aliphatic carbocycles. The van der Waals surface area contributed by atoms with Gasteiger partial charge in [0.15, 0.2) is 0 Å². The van der Waals surface area contributed by atoms with Crippen molar-refractivity contribution in [2.24, 2.45) is 11.8 Å². The van der Waals surface area contributed by atoms with E-state index in [4.69, 9.17) is 5.11 Å². The topological polar surface area (TPSA) is 89.9 Å². The third-order valence-corrected chi connectivity index (χ3v) is 4.91. The number of aliphatic hydroxyl groups excluding tert-OH is 1. The Morgan fingerprint density at radius 1 is 1.19 bits per heavy atom. The van der Waals surface area contributed by atoms with Gasteiger partial charge < -0.3 is 20.4 Å². The summed E-state index contributed by atoms with van der Waals surface area (Å²) >= 11 is 0. The number of carbonyl (C=O) groups is 2. The SMILES string of the molecule is CCC1CCC(CNC(=O)N2C[C@@H](O)C[C@H]2C(=O)O)CC1. The summed E-state index contributed by atoms with van der Waals surface area (Å²) in [5.74, 6) is 0.264. The summed E-state index contributed by atoms with van der Waals surface area (Å²) < 4.78 is 0. The van der Waals surface area contributed by atoms with E-state index in [-0.39, 0.29) is 19.0 Å². The van der Waals surface area contributed by atoms with Crippen LogP contribution in [0, 0.1) is 11.8 Å². The molecule has 1 saturated carbocycles. The van der Waals surface area contributed by atoms with Crippen molar-refractivity contribution in [3.05, 3.63) is 0 Å². The number of rotatable bonds is 4. The number of amides is 2. The molecule has 1 heterocycles. The second kappa shape index (κ2) is 7.11. The fourth-order valence-corrected chi connectivity index (χ4v) is 3.45. The molecule has 0 aromatic heterocycles. The van der Waals surface area contributed by atoms with Gasteiger partial charge in [0.1, 0.15) is 6.04 Å². The van der Waals surface area contributed by atoms with Crippen LogP contribution in [0.25, 0.3) is 0 Å². The smallest absolute Gasteiger partial charge is 0.326 e. The molecular weight excluding hydrogens is 272 g/mol. The Morgan fingerprint density at radius 3 is 2.38 bits per heavy atom. The van der Waals surface area contributed by atoms with Gasteiger partial charge in [-0.2, -0.15) is 0 Å². The van der Waals surface area contributed by atoms with Crippen molar-refractivity contribution in [3.63, 3.8) is 0 Å². The van der Waals surface area contributed by atoms with Crippen molar-refractivity contribution in [3.8, 4) is 0 Å². The Hall–Kier alpha value is -1.30. The van der Waals surface area contributed by atoms with E-state index < -0.39 is 18.1 Å². The van der Waals surface area contributed by atoms with Gasteiger partial charge in [-0.3, -0.25) is 0 Å². The van der Waals surface area contributed by atoms with Gasteiger partial charge >= 0.3 is 12.0 Å². The molecule has 2 rings (SSSR count). The minimum atomic E-state index is -1.05. The Balaban J connectivity index is 1.78. The van der Waals surface area contributed by atoms with E-state index in [0.717, 1.165) is 18.8 Å². The van der Waals surface area contributed by atoms with Gasteiger partial charge in [0, 0.05) is 19.5 Å². The zero-order valence-electron chi connectivity index (χ0n) is 12.6. The molecule has 0 radical (unpaired) electrons. The number of hydrogen-bond acceptors (Lipinski definition) is 3. The van der Waals surface area contributed by atoms with Crippen LogP contribution in [-0.4, -0.2) is 52.3 Å². The second-order valence-electron chi connectivity index (χ2n) is 6.38. The standard InChI is InChI=1S/C15H26N2O4/c1-2-10-3-5-11(6-4-10)8-16-15(21)17-9-12(18)7-13(17)14(19)20/h10-13,18H,2-9H2,1H3,(H,16,21)(H,19,20)/t10?,11?,12-,13-/m0/s1. The number of carbonyl (C=O) groups excluding carboxylic acids is 1. The first-order chi connectivity index (χ1) is 10.0. The minimum absolute atomic E-state index is 0.103. The number of aliphatic carboxylic acids is 1. The molecular formula is C15H26N2O4. The maximum absolute atomic E-state index is 12.1. The summed E-state index contributed by atoms with van der Waals surface area (Å²) in [5.41, 5.74) is 0. The summed E-state index contributed by atoms with van der Waals surface area (Å²) in [6, 6.07) is -1.27. The molecule has 2 aliphatic rings. The van der Waals surface area contributed by atoms with Gasteiger partial charge in [0.2, 0.25) is 0 Å². The van der Waals surface area contributed by atoms with E-state index in [0.29, 0.717) is 12.5 Å². The molecule has 21 heavy (non-hydrogen) atoms. The van der Waals surface area contributed by atoms with Gasteiger partial charge in [-0.25, -0.2) is 9.59 Å². The Morgan fingerprint density at radius 2 is 1.81 bits per heavy atom. The van der Waals surface area contributed by atoms with Crippen LogP contribution in [0.4, 0.5) is 4.79 Å². The van der Waals surface area contributed by atoms with E-state index in [1.165, 1.54) is 24.2 Å². The lowest BCUT2D eigenvalue weighted by atomic mass is 9.81. The van der Waals surface area contributed by atoms with Crippen molar-refractivity contribution in [1.82, 2.24) is 10.2 Å². The van der Waals surface area contributed by atoms with Crippen molar-refractivity contribution < 1.29 is 19.8 Å². The normalized spacial score (nSPS) is 33.0. The highest BCUT2D eigenvalue weighted by Crippen LogP contribution is 2.30. The van der Waals surface area contributed by atoms with E-state index in [1.54, 1.807) is 0 Å². The predicted molar refractivity (Wildman–Crippen MR) is 77.9 cm³/mol. The average Bonchev–Trinajstić information content (AvgIpc) is 2.87. The van der Waals surface area contributed by atoms with E-state index in [9.17, 15) is 14.7 Å². The number of nitrogens with one attached hydrogen (secondary N) is 1. The molecule has 3 N–H and O–H groups in total. The zero-order valence-corrected chi connectivity index (χ0v) is 12.6. The number of carboxylic acids is 1. The Labute approximate surface area is 125 Å². The molecule has 0 bridgehead atoms. The third kappa shape index (κ3) is 4.09. The van der Waals surface area contributed by atoms with Crippen LogP contribution in [0.1, 0.15) is 45.4 Å². The largest absolute Gasteiger partial charge is 0.480 e. The molecule has 6 nitrogen and oxygen atoms in total. The molecule has 1 aliphatic heterocycles. The number of nitrogens with zero attached hydrogens (tertiary/aromatic N) is 1. The highest BCUT2D eigenvalue weighted by Gasteiger charge is 2.39. The summed E-state index contributed by atoms with van der Waals surface area (Å²) in [4.78, 5) is 24.5. The molecule has 0 spiro atoms. The van der Waals surface area contributed by atoms with Crippen LogP contribution < -0.4 is 5.32 Å². The lowest BCUT2D eigenvalue weighted by Crippen LogP contribution is -2.47. The highest BCUT2D eigenvalue weighted by atomic mass is 16.4. The zero-order chi connectivity index (χ0) is 15.4. The molecule has 0 aromatic carbocycles. The van der Waals surface area contributed by atoms with Gasteiger partial charge in [0.25, 0.3) is 0 Å². The van der Waals surface area contributed by atoms with Crippen LogP contribution in [0.5, 0.6) is 0 Å². The molecule has 2 fully saturated rings. The Kier molecular flexibility index (Phi) is 5.45. The van der Waals surface area contributed by atoms with Crippen LogP contribution in [-0.2, 0) is 4.79 Å². The first-order valence-electron chi connectivity index (χ1n) is 7.96. The quantitative estimate of drug-likeness (QED) is 0.732. The van der Waals surface area contributed by atoms with Crippen molar-refractivity contribution in [1.29, 1.82) is 0 Å². The van der Waals surface area contributed by atoms with Crippen LogP contribution in [0.2, 0.25) is 0 Å². The predicted octanol–water partition coefficient (Wildman–Crippen LogP) is 1.43. The van der Waals surface area contributed by atoms with Crippen LogP contribution in [0.3, 0.4) is 0 Å². The number of likely N-dealkylation sites (tertiary alicyclic amines) is 1. The van der Waals surface area contributed by atoms with Gasteiger partial charge in [-0.15, -0.1) is 0 Å².